The lowest BCUT2D eigenvalue weighted by atomic mass is 10.0. The molecule has 1 aromatic rings. The first-order valence-corrected chi connectivity index (χ1v) is 7.23. The van der Waals surface area contributed by atoms with Gasteiger partial charge < -0.3 is 14.2 Å². The molecule has 18 heavy (non-hydrogen) atoms. The van der Waals surface area contributed by atoms with Crippen LogP contribution in [0.15, 0.2) is 12.1 Å². The second-order valence-corrected chi connectivity index (χ2v) is 6.37. The highest BCUT2D eigenvalue weighted by molar-refractivity contribution is 14.1. The van der Waals surface area contributed by atoms with E-state index in [1.54, 1.807) is 7.11 Å². The number of methoxy groups -OCH3 is 1. The number of benzene rings is 1. The predicted molar refractivity (Wildman–Crippen MR) is 79.6 cm³/mol. The molecule has 0 N–H and O–H groups in total. The van der Waals surface area contributed by atoms with Crippen LogP contribution in [0.5, 0.6) is 11.5 Å². The highest BCUT2D eigenvalue weighted by Gasteiger charge is 2.32. The summed E-state index contributed by atoms with van der Waals surface area (Å²) in [5.41, 5.74) is 1.12. The maximum atomic E-state index is 5.98. The van der Waals surface area contributed by atoms with Gasteiger partial charge in [0.05, 0.1) is 6.61 Å². The standard InChI is InChI=1S/C14H19IO3/c1-14(2)9-10-7-11(15)8-12(13(10)18-14)17-6-4-5-16-3/h7-8H,4-6,9H2,1-3H3. The molecule has 0 saturated carbocycles. The Morgan fingerprint density at radius 2 is 2.11 bits per heavy atom. The van der Waals surface area contributed by atoms with Gasteiger partial charge in [0.1, 0.15) is 5.60 Å². The molecule has 3 nitrogen and oxygen atoms in total. The highest BCUT2D eigenvalue weighted by Crippen LogP contribution is 2.43. The zero-order chi connectivity index (χ0) is 13.2. The van der Waals surface area contributed by atoms with Crippen molar-refractivity contribution in [3.8, 4) is 11.5 Å². The number of halogens is 1. The number of hydrogen-bond donors (Lipinski definition) is 0. The van der Waals surface area contributed by atoms with Crippen molar-refractivity contribution >= 4 is 22.6 Å². The fourth-order valence-electron chi connectivity index (χ4n) is 2.13. The first-order chi connectivity index (χ1) is 8.52. The summed E-state index contributed by atoms with van der Waals surface area (Å²) in [6.07, 6.45) is 1.83. The van der Waals surface area contributed by atoms with Gasteiger partial charge in [-0.05, 0) is 48.6 Å². The average molecular weight is 362 g/mol. The summed E-state index contributed by atoms with van der Waals surface area (Å²) in [7, 11) is 1.70. The maximum Gasteiger partial charge on any atom is 0.165 e. The van der Waals surface area contributed by atoms with Crippen LogP contribution in [-0.4, -0.2) is 25.9 Å². The van der Waals surface area contributed by atoms with Gasteiger partial charge in [-0.15, -0.1) is 0 Å². The summed E-state index contributed by atoms with van der Waals surface area (Å²) in [4.78, 5) is 0. The Morgan fingerprint density at radius 1 is 1.33 bits per heavy atom. The molecule has 1 aliphatic rings. The van der Waals surface area contributed by atoms with Crippen LogP contribution in [0.4, 0.5) is 0 Å². The molecule has 0 bridgehead atoms. The lowest BCUT2D eigenvalue weighted by Crippen LogP contribution is -2.24. The third-order valence-corrected chi connectivity index (χ3v) is 3.46. The van der Waals surface area contributed by atoms with Crippen molar-refractivity contribution in [2.45, 2.75) is 32.3 Å². The molecule has 0 atom stereocenters. The van der Waals surface area contributed by atoms with Crippen molar-refractivity contribution in [3.05, 3.63) is 21.3 Å². The molecule has 0 aromatic heterocycles. The lowest BCUT2D eigenvalue weighted by molar-refractivity contribution is 0.129. The van der Waals surface area contributed by atoms with Crippen LogP contribution in [0.2, 0.25) is 0 Å². The zero-order valence-electron chi connectivity index (χ0n) is 11.1. The minimum atomic E-state index is -0.128. The summed E-state index contributed by atoms with van der Waals surface area (Å²) in [6.45, 7) is 5.59. The van der Waals surface area contributed by atoms with E-state index in [1.165, 1.54) is 9.13 Å². The lowest BCUT2D eigenvalue weighted by Gasteiger charge is -2.18. The fraction of sp³-hybridized carbons (Fsp3) is 0.571. The first kappa shape index (κ1) is 13.9. The van der Waals surface area contributed by atoms with E-state index < -0.39 is 0 Å². The molecule has 0 amide bonds. The van der Waals surface area contributed by atoms with E-state index in [4.69, 9.17) is 14.2 Å². The third-order valence-electron chi connectivity index (χ3n) is 2.84. The van der Waals surface area contributed by atoms with Gasteiger partial charge in [0.15, 0.2) is 11.5 Å². The van der Waals surface area contributed by atoms with E-state index in [9.17, 15) is 0 Å². The van der Waals surface area contributed by atoms with Crippen LogP contribution < -0.4 is 9.47 Å². The molecule has 0 saturated heterocycles. The zero-order valence-corrected chi connectivity index (χ0v) is 13.2. The molecule has 100 valence electrons. The maximum absolute atomic E-state index is 5.98. The van der Waals surface area contributed by atoms with Crippen LogP contribution in [-0.2, 0) is 11.2 Å². The van der Waals surface area contributed by atoms with Crippen LogP contribution in [0.1, 0.15) is 25.8 Å². The van der Waals surface area contributed by atoms with Gasteiger partial charge in [-0.2, -0.15) is 0 Å². The van der Waals surface area contributed by atoms with E-state index in [0.717, 1.165) is 30.9 Å². The van der Waals surface area contributed by atoms with Crippen LogP contribution >= 0.6 is 22.6 Å². The molecular formula is C14H19IO3. The smallest absolute Gasteiger partial charge is 0.165 e. The van der Waals surface area contributed by atoms with Gasteiger partial charge in [-0.1, -0.05) is 0 Å². The molecular weight excluding hydrogens is 343 g/mol. The Hall–Kier alpha value is -0.490. The third kappa shape index (κ3) is 3.29. The summed E-state index contributed by atoms with van der Waals surface area (Å²) in [5.74, 6) is 1.77. The van der Waals surface area contributed by atoms with Gasteiger partial charge in [0.25, 0.3) is 0 Å². The van der Waals surface area contributed by atoms with E-state index in [0.29, 0.717) is 6.61 Å². The molecule has 0 fully saturated rings. The SMILES string of the molecule is COCCCOc1cc(I)cc2c1OC(C)(C)C2. The summed E-state index contributed by atoms with van der Waals surface area (Å²) in [6, 6.07) is 4.21. The molecule has 1 aliphatic heterocycles. The van der Waals surface area contributed by atoms with Crippen molar-refractivity contribution in [2.24, 2.45) is 0 Å². The molecule has 4 heteroatoms. The normalized spacial score (nSPS) is 16.2. The number of ether oxygens (including phenoxy) is 3. The van der Waals surface area contributed by atoms with Crippen molar-refractivity contribution in [1.29, 1.82) is 0 Å². The van der Waals surface area contributed by atoms with Gasteiger partial charge >= 0.3 is 0 Å². The number of fused-ring (bicyclic) bond motifs is 1. The highest BCUT2D eigenvalue weighted by atomic mass is 127. The van der Waals surface area contributed by atoms with Crippen molar-refractivity contribution in [3.63, 3.8) is 0 Å². The molecule has 0 radical (unpaired) electrons. The van der Waals surface area contributed by atoms with E-state index in [2.05, 4.69) is 42.5 Å². The quantitative estimate of drug-likeness (QED) is 0.594. The minimum absolute atomic E-state index is 0.128. The van der Waals surface area contributed by atoms with Crippen molar-refractivity contribution in [2.75, 3.05) is 20.3 Å². The minimum Gasteiger partial charge on any atom is -0.490 e. The first-order valence-electron chi connectivity index (χ1n) is 6.15. The topological polar surface area (TPSA) is 27.7 Å². The largest absolute Gasteiger partial charge is 0.490 e. The van der Waals surface area contributed by atoms with E-state index in [-0.39, 0.29) is 5.60 Å². The number of hydrogen-bond acceptors (Lipinski definition) is 3. The Kier molecular flexibility index (Phi) is 4.37. The molecule has 0 unspecified atom stereocenters. The number of rotatable bonds is 5. The second-order valence-electron chi connectivity index (χ2n) is 5.13. The predicted octanol–water partition coefficient (Wildman–Crippen LogP) is 3.42. The Labute approximate surface area is 122 Å². The van der Waals surface area contributed by atoms with Crippen LogP contribution in [0.25, 0.3) is 0 Å². The summed E-state index contributed by atoms with van der Waals surface area (Å²) >= 11 is 2.32. The van der Waals surface area contributed by atoms with Gasteiger partial charge in [0.2, 0.25) is 0 Å². The van der Waals surface area contributed by atoms with Gasteiger partial charge in [0, 0.05) is 35.7 Å². The van der Waals surface area contributed by atoms with E-state index >= 15 is 0 Å². The Morgan fingerprint density at radius 3 is 2.83 bits per heavy atom. The van der Waals surface area contributed by atoms with E-state index in [1.807, 2.05) is 6.07 Å². The van der Waals surface area contributed by atoms with Crippen LogP contribution in [0.3, 0.4) is 0 Å². The molecule has 2 rings (SSSR count). The summed E-state index contributed by atoms with van der Waals surface area (Å²) in [5, 5.41) is 0. The molecule has 0 aliphatic carbocycles. The Bertz CT molecular complexity index is 429. The average Bonchev–Trinajstić information content (AvgIpc) is 2.58. The van der Waals surface area contributed by atoms with Crippen LogP contribution in [0, 0.1) is 3.57 Å². The van der Waals surface area contributed by atoms with Gasteiger partial charge in [-0.25, -0.2) is 0 Å². The van der Waals surface area contributed by atoms with Crippen molar-refractivity contribution in [1.82, 2.24) is 0 Å². The fourth-order valence-corrected chi connectivity index (χ4v) is 2.79. The molecule has 0 spiro atoms. The van der Waals surface area contributed by atoms with Crippen molar-refractivity contribution < 1.29 is 14.2 Å². The monoisotopic (exact) mass is 362 g/mol. The Balaban J connectivity index is 2.12. The van der Waals surface area contributed by atoms with Gasteiger partial charge in [-0.3, -0.25) is 0 Å². The molecule has 1 aromatic carbocycles. The molecule has 1 heterocycles. The summed E-state index contributed by atoms with van der Waals surface area (Å²) < 4.78 is 18.0. The second kappa shape index (κ2) is 5.65.